The van der Waals surface area contributed by atoms with Gasteiger partial charge in [0.2, 0.25) is 10.0 Å². The highest BCUT2D eigenvalue weighted by Crippen LogP contribution is 2.26. The summed E-state index contributed by atoms with van der Waals surface area (Å²) in [5, 5.41) is 0. The molecule has 1 fully saturated rings. The minimum Gasteiger partial charge on any atom is -0.389 e. The molecule has 0 spiro atoms. The molecule has 1 aliphatic rings. The van der Waals surface area contributed by atoms with Crippen LogP contribution in [0.3, 0.4) is 0 Å². The van der Waals surface area contributed by atoms with Crippen molar-refractivity contribution in [2.24, 2.45) is 11.7 Å². The molecule has 0 radical (unpaired) electrons. The Labute approximate surface area is 131 Å². The van der Waals surface area contributed by atoms with E-state index in [0.29, 0.717) is 35.7 Å². The summed E-state index contributed by atoms with van der Waals surface area (Å²) in [6.07, 6.45) is 0.830. The molecule has 0 bridgehead atoms. The minimum atomic E-state index is -3.47. The molecule has 0 aliphatic carbocycles. The van der Waals surface area contributed by atoms with Crippen LogP contribution < -0.4 is 5.73 Å². The normalized spacial score (nSPS) is 19.8. The van der Waals surface area contributed by atoms with Gasteiger partial charge in [0.1, 0.15) is 4.99 Å². The highest BCUT2D eigenvalue weighted by Gasteiger charge is 2.33. The third-order valence-electron chi connectivity index (χ3n) is 3.73. The van der Waals surface area contributed by atoms with Gasteiger partial charge in [-0.1, -0.05) is 18.3 Å². The number of aryl methyl sites for hydroxylation is 1. The maximum Gasteiger partial charge on any atom is 0.243 e. The fraction of sp³-hybridized carbons (Fsp3) is 0.500. The summed E-state index contributed by atoms with van der Waals surface area (Å²) >= 11 is 4.91. The summed E-state index contributed by atoms with van der Waals surface area (Å²) in [4.78, 5) is 0.587. The third kappa shape index (κ3) is 3.42. The Bertz CT molecular complexity index is 644. The van der Waals surface area contributed by atoms with Crippen molar-refractivity contribution in [3.63, 3.8) is 0 Å². The molecule has 1 atom stereocenters. The lowest BCUT2D eigenvalue weighted by atomic mass is 10.1. The van der Waals surface area contributed by atoms with E-state index in [1.54, 1.807) is 32.2 Å². The van der Waals surface area contributed by atoms with E-state index >= 15 is 0 Å². The first-order valence-electron chi connectivity index (χ1n) is 6.75. The molecule has 0 amide bonds. The van der Waals surface area contributed by atoms with E-state index in [0.717, 1.165) is 6.42 Å². The van der Waals surface area contributed by atoms with Gasteiger partial charge in [0, 0.05) is 25.8 Å². The van der Waals surface area contributed by atoms with Crippen LogP contribution in [-0.2, 0) is 14.8 Å². The summed E-state index contributed by atoms with van der Waals surface area (Å²) in [5.74, 6) is 0.265. The summed E-state index contributed by atoms with van der Waals surface area (Å²) in [5.41, 5.74) is 6.92. The number of thiocarbonyl (C=S) groups is 1. The third-order valence-corrected chi connectivity index (χ3v) is 5.99. The summed E-state index contributed by atoms with van der Waals surface area (Å²) in [6, 6.07) is 4.96. The van der Waals surface area contributed by atoms with E-state index in [-0.39, 0.29) is 10.9 Å². The molecular formula is C14H20N2O3S2. The fourth-order valence-electron chi connectivity index (χ4n) is 2.62. The monoisotopic (exact) mass is 328 g/mol. The number of rotatable bonds is 5. The lowest BCUT2D eigenvalue weighted by molar-refractivity contribution is 0.157. The Hall–Kier alpha value is -1.02. The van der Waals surface area contributed by atoms with Crippen LogP contribution in [0.15, 0.2) is 23.1 Å². The van der Waals surface area contributed by atoms with E-state index < -0.39 is 10.0 Å². The molecule has 1 saturated heterocycles. The lowest BCUT2D eigenvalue weighted by Gasteiger charge is -2.18. The summed E-state index contributed by atoms with van der Waals surface area (Å²) in [7, 11) is -1.83. The van der Waals surface area contributed by atoms with Crippen LogP contribution in [-0.4, -0.2) is 44.5 Å². The molecule has 0 aromatic heterocycles. The first kappa shape index (κ1) is 16.4. The number of nitrogens with two attached hydrogens (primary N) is 1. The second-order valence-electron chi connectivity index (χ2n) is 5.32. The van der Waals surface area contributed by atoms with Crippen LogP contribution in [0.25, 0.3) is 0 Å². The second kappa shape index (κ2) is 6.39. The van der Waals surface area contributed by atoms with Crippen LogP contribution in [0.2, 0.25) is 0 Å². The molecule has 1 aromatic carbocycles. The van der Waals surface area contributed by atoms with Crippen molar-refractivity contribution in [2.45, 2.75) is 18.2 Å². The van der Waals surface area contributed by atoms with Crippen molar-refractivity contribution in [2.75, 3.05) is 26.8 Å². The molecule has 7 heteroatoms. The van der Waals surface area contributed by atoms with E-state index in [9.17, 15) is 8.42 Å². The molecule has 2 rings (SSSR count). The number of benzene rings is 1. The standard InChI is InChI=1S/C14H20N2O3S2/c1-10-7-12(14(15)20)3-4-13(10)21(17,18)16-6-5-11(8-16)9-19-2/h3-4,7,11H,5-6,8-9H2,1-2H3,(H2,15,20). The van der Waals surface area contributed by atoms with Crippen molar-refractivity contribution < 1.29 is 13.2 Å². The highest BCUT2D eigenvalue weighted by molar-refractivity contribution is 7.89. The van der Waals surface area contributed by atoms with Crippen molar-refractivity contribution in [1.29, 1.82) is 0 Å². The zero-order valence-electron chi connectivity index (χ0n) is 12.2. The molecule has 21 heavy (non-hydrogen) atoms. The van der Waals surface area contributed by atoms with Crippen LogP contribution in [0, 0.1) is 12.8 Å². The van der Waals surface area contributed by atoms with Gasteiger partial charge >= 0.3 is 0 Å². The Kier molecular flexibility index (Phi) is 4.98. The zero-order chi connectivity index (χ0) is 15.6. The molecule has 1 heterocycles. The minimum absolute atomic E-state index is 0.265. The van der Waals surface area contributed by atoms with Gasteiger partial charge in [0.15, 0.2) is 0 Å². The Morgan fingerprint density at radius 2 is 2.24 bits per heavy atom. The van der Waals surface area contributed by atoms with E-state index in [1.165, 1.54) is 4.31 Å². The van der Waals surface area contributed by atoms with Gasteiger partial charge in [-0.2, -0.15) is 4.31 Å². The smallest absolute Gasteiger partial charge is 0.243 e. The van der Waals surface area contributed by atoms with E-state index in [2.05, 4.69) is 0 Å². The number of hydrogen-bond donors (Lipinski definition) is 1. The topological polar surface area (TPSA) is 72.6 Å². The number of hydrogen-bond acceptors (Lipinski definition) is 4. The predicted molar refractivity (Wildman–Crippen MR) is 85.8 cm³/mol. The maximum atomic E-state index is 12.7. The fourth-order valence-corrected chi connectivity index (χ4v) is 4.48. The number of methoxy groups -OCH3 is 1. The number of ether oxygens (including phenoxy) is 1. The van der Waals surface area contributed by atoms with Gasteiger partial charge in [-0.25, -0.2) is 8.42 Å². The van der Waals surface area contributed by atoms with Gasteiger partial charge in [-0.3, -0.25) is 0 Å². The largest absolute Gasteiger partial charge is 0.389 e. The molecule has 1 aliphatic heterocycles. The van der Waals surface area contributed by atoms with Gasteiger partial charge in [-0.05, 0) is 37.0 Å². The Morgan fingerprint density at radius 3 is 2.81 bits per heavy atom. The maximum absolute atomic E-state index is 12.7. The number of sulfonamides is 1. The van der Waals surface area contributed by atoms with Crippen LogP contribution >= 0.6 is 12.2 Å². The van der Waals surface area contributed by atoms with Crippen LogP contribution in [0.1, 0.15) is 17.5 Å². The lowest BCUT2D eigenvalue weighted by Crippen LogP contribution is -2.30. The summed E-state index contributed by atoms with van der Waals surface area (Å²) in [6.45, 7) is 3.39. The first-order valence-corrected chi connectivity index (χ1v) is 8.60. The molecule has 0 saturated carbocycles. The first-order chi connectivity index (χ1) is 9.86. The van der Waals surface area contributed by atoms with Gasteiger partial charge < -0.3 is 10.5 Å². The van der Waals surface area contributed by atoms with Gasteiger partial charge in [-0.15, -0.1) is 0 Å². The van der Waals surface area contributed by atoms with Crippen molar-refractivity contribution in [3.8, 4) is 0 Å². The van der Waals surface area contributed by atoms with Crippen molar-refractivity contribution >= 4 is 27.2 Å². The molecule has 5 nitrogen and oxygen atoms in total. The summed E-state index contributed by atoms with van der Waals surface area (Å²) < 4.78 is 32.1. The molecular weight excluding hydrogens is 308 g/mol. The van der Waals surface area contributed by atoms with E-state index in [4.69, 9.17) is 22.7 Å². The second-order valence-corrected chi connectivity index (χ2v) is 7.66. The van der Waals surface area contributed by atoms with Gasteiger partial charge in [0.05, 0.1) is 11.5 Å². The molecule has 1 unspecified atom stereocenters. The van der Waals surface area contributed by atoms with Crippen LogP contribution in [0.5, 0.6) is 0 Å². The average molecular weight is 328 g/mol. The quantitative estimate of drug-likeness (QED) is 0.825. The van der Waals surface area contributed by atoms with E-state index in [1.807, 2.05) is 0 Å². The molecule has 116 valence electrons. The van der Waals surface area contributed by atoms with Crippen molar-refractivity contribution in [1.82, 2.24) is 4.31 Å². The van der Waals surface area contributed by atoms with Gasteiger partial charge in [0.25, 0.3) is 0 Å². The highest BCUT2D eigenvalue weighted by atomic mass is 32.2. The predicted octanol–water partition coefficient (Wildman–Crippen LogP) is 1.29. The SMILES string of the molecule is COCC1CCN(S(=O)(=O)c2ccc(C(N)=S)cc2C)C1. The molecule has 1 aromatic rings. The Balaban J connectivity index is 2.26. The average Bonchev–Trinajstić information content (AvgIpc) is 2.88. The van der Waals surface area contributed by atoms with Crippen molar-refractivity contribution in [3.05, 3.63) is 29.3 Å². The Morgan fingerprint density at radius 1 is 1.52 bits per heavy atom. The number of nitrogens with zero attached hydrogens (tertiary/aromatic N) is 1. The van der Waals surface area contributed by atoms with Crippen LogP contribution in [0.4, 0.5) is 0 Å². The molecule has 2 N–H and O–H groups in total. The zero-order valence-corrected chi connectivity index (χ0v) is 13.8.